The molecule has 2 fully saturated rings. The summed E-state index contributed by atoms with van der Waals surface area (Å²) in [4.78, 5) is 28.0. The van der Waals surface area contributed by atoms with E-state index in [-0.39, 0.29) is 29.8 Å². The molecule has 0 radical (unpaired) electrons. The van der Waals surface area contributed by atoms with Crippen LogP contribution in [0.2, 0.25) is 0 Å². The minimum atomic E-state index is -0.193. The standard InChI is InChI=1S/C14H24N2O2S/c1-14(2,3)10(9-19)7-15-8-12(17)16-6-4-5-11(16)13(15)18/h10-11,19H,4-9H2,1-3H3. The molecule has 2 rings (SSSR count). The molecule has 108 valence electrons. The molecular weight excluding hydrogens is 260 g/mol. The summed E-state index contributed by atoms with van der Waals surface area (Å²) < 4.78 is 0. The summed E-state index contributed by atoms with van der Waals surface area (Å²) in [5.74, 6) is 1.28. The van der Waals surface area contributed by atoms with Gasteiger partial charge >= 0.3 is 0 Å². The third-order valence-corrected chi connectivity index (χ3v) is 4.82. The van der Waals surface area contributed by atoms with Gasteiger partial charge in [-0.3, -0.25) is 9.59 Å². The van der Waals surface area contributed by atoms with Gasteiger partial charge in [0.2, 0.25) is 11.8 Å². The van der Waals surface area contributed by atoms with Crippen molar-refractivity contribution >= 4 is 24.4 Å². The molecule has 2 unspecified atom stereocenters. The summed E-state index contributed by atoms with van der Waals surface area (Å²) in [5, 5.41) is 0. The van der Waals surface area contributed by atoms with E-state index in [9.17, 15) is 9.59 Å². The van der Waals surface area contributed by atoms with Crippen molar-refractivity contribution in [1.29, 1.82) is 0 Å². The van der Waals surface area contributed by atoms with Crippen LogP contribution in [0.1, 0.15) is 33.6 Å². The van der Waals surface area contributed by atoms with Gasteiger partial charge in [0.05, 0.1) is 6.54 Å². The summed E-state index contributed by atoms with van der Waals surface area (Å²) in [6.07, 6.45) is 1.77. The highest BCUT2D eigenvalue weighted by atomic mass is 32.1. The Morgan fingerprint density at radius 1 is 1.37 bits per heavy atom. The van der Waals surface area contributed by atoms with Crippen LogP contribution in [0.4, 0.5) is 0 Å². The Kier molecular flexibility index (Phi) is 4.14. The topological polar surface area (TPSA) is 40.6 Å². The van der Waals surface area contributed by atoms with Crippen LogP contribution in [0.15, 0.2) is 0 Å². The molecule has 0 aromatic carbocycles. The van der Waals surface area contributed by atoms with Crippen molar-refractivity contribution < 1.29 is 9.59 Å². The van der Waals surface area contributed by atoms with Crippen molar-refractivity contribution in [3.63, 3.8) is 0 Å². The van der Waals surface area contributed by atoms with Crippen molar-refractivity contribution in [2.24, 2.45) is 11.3 Å². The Morgan fingerprint density at radius 2 is 2.05 bits per heavy atom. The molecule has 0 aromatic rings. The Labute approximate surface area is 120 Å². The first-order chi connectivity index (χ1) is 8.84. The van der Waals surface area contributed by atoms with Crippen LogP contribution in [0, 0.1) is 11.3 Å². The number of hydrogen-bond donors (Lipinski definition) is 1. The maximum Gasteiger partial charge on any atom is 0.245 e. The van der Waals surface area contributed by atoms with Crippen LogP contribution < -0.4 is 0 Å². The number of amides is 2. The molecule has 2 saturated heterocycles. The van der Waals surface area contributed by atoms with Crippen LogP contribution in [0.3, 0.4) is 0 Å². The van der Waals surface area contributed by atoms with E-state index in [0.29, 0.717) is 12.5 Å². The number of hydrogen-bond acceptors (Lipinski definition) is 3. The lowest BCUT2D eigenvalue weighted by molar-refractivity contribution is -0.154. The van der Waals surface area contributed by atoms with Gasteiger partial charge in [0, 0.05) is 13.1 Å². The third kappa shape index (κ3) is 2.91. The fourth-order valence-corrected chi connectivity index (χ4v) is 3.55. The van der Waals surface area contributed by atoms with Crippen molar-refractivity contribution in [2.45, 2.75) is 39.7 Å². The smallest absolute Gasteiger partial charge is 0.245 e. The maximum absolute atomic E-state index is 12.4. The first kappa shape index (κ1) is 14.7. The normalized spacial score (nSPS) is 25.8. The predicted octanol–water partition coefficient (Wildman–Crippen LogP) is 1.41. The second kappa shape index (κ2) is 5.35. The Morgan fingerprint density at radius 3 is 2.63 bits per heavy atom. The van der Waals surface area contributed by atoms with Gasteiger partial charge in [-0.2, -0.15) is 12.6 Å². The molecule has 0 N–H and O–H groups in total. The van der Waals surface area contributed by atoms with Gasteiger partial charge in [-0.05, 0) is 29.9 Å². The summed E-state index contributed by atoms with van der Waals surface area (Å²) in [5.41, 5.74) is 0.0951. The monoisotopic (exact) mass is 284 g/mol. The molecule has 2 atom stereocenters. The van der Waals surface area contributed by atoms with E-state index in [0.717, 1.165) is 25.1 Å². The van der Waals surface area contributed by atoms with Crippen molar-refractivity contribution in [3.8, 4) is 0 Å². The zero-order chi connectivity index (χ0) is 14.2. The molecule has 0 aromatic heterocycles. The zero-order valence-corrected chi connectivity index (χ0v) is 12.9. The fourth-order valence-electron chi connectivity index (χ4n) is 2.89. The molecule has 2 aliphatic rings. The Hall–Kier alpha value is -0.710. The number of carbonyl (C=O) groups is 2. The quantitative estimate of drug-likeness (QED) is 0.796. The van der Waals surface area contributed by atoms with E-state index in [1.165, 1.54) is 0 Å². The van der Waals surface area contributed by atoms with Gasteiger partial charge in [0.15, 0.2) is 0 Å². The summed E-state index contributed by atoms with van der Waals surface area (Å²) >= 11 is 4.40. The highest BCUT2D eigenvalue weighted by Gasteiger charge is 2.42. The lowest BCUT2D eigenvalue weighted by Crippen LogP contribution is -2.58. The highest BCUT2D eigenvalue weighted by molar-refractivity contribution is 7.80. The van der Waals surface area contributed by atoms with Gasteiger partial charge < -0.3 is 9.80 Å². The summed E-state index contributed by atoms with van der Waals surface area (Å²) in [6, 6.07) is -0.193. The molecule has 2 heterocycles. The zero-order valence-electron chi connectivity index (χ0n) is 12.1. The molecule has 4 nitrogen and oxygen atoms in total. The number of rotatable bonds is 3. The average Bonchev–Trinajstić information content (AvgIpc) is 2.80. The second-order valence-electron chi connectivity index (χ2n) is 6.71. The molecule has 0 spiro atoms. The molecule has 19 heavy (non-hydrogen) atoms. The molecule has 5 heteroatoms. The van der Waals surface area contributed by atoms with Crippen LogP contribution in [-0.2, 0) is 9.59 Å². The van der Waals surface area contributed by atoms with Crippen LogP contribution >= 0.6 is 12.6 Å². The van der Waals surface area contributed by atoms with E-state index in [1.807, 2.05) is 0 Å². The fraction of sp³-hybridized carbons (Fsp3) is 0.857. The summed E-state index contributed by atoms with van der Waals surface area (Å²) in [7, 11) is 0. The van der Waals surface area contributed by atoms with E-state index in [1.54, 1.807) is 9.80 Å². The highest BCUT2D eigenvalue weighted by Crippen LogP contribution is 2.30. The van der Waals surface area contributed by atoms with E-state index < -0.39 is 0 Å². The van der Waals surface area contributed by atoms with Gasteiger partial charge in [-0.15, -0.1) is 0 Å². The molecule has 0 saturated carbocycles. The lowest BCUT2D eigenvalue weighted by atomic mass is 9.81. The third-order valence-electron chi connectivity index (χ3n) is 4.38. The Bertz CT molecular complexity index is 378. The first-order valence-electron chi connectivity index (χ1n) is 7.03. The van der Waals surface area contributed by atoms with Gasteiger partial charge in [-0.1, -0.05) is 20.8 Å². The van der Waals surface area contributed by atoms with Gasteiger partial charge in [0.25, 0.3) is 0 Å². The SMILES string of the molecule is CC(C)(C)C(CS)CN1CC(=O)N2CCCC2C1=O. The number of piperazine rings is 1. The minimum Gasteiger partial charge on any atom is -0.331 e. The maximum atomic E-state index is 12.4. The van der Waals surface area contributed by atoms with Crippen molar-refractivity contribution in [2.75, 3.05) is 25.4 Å². The van der Waals surface area contributed by atoms with Crippen LogP contribution in [0.5, 0.6) is 0 Å². The van der Waals surface area contributed by atoms with E-state index >= 15 is 0 Å². The van der Waals surface area contributed by atoms with Crippen molar-refractivity contribution in [1.82, 2.24) is 9.80 Å². The molecule has 2 aliphatic heterocycles. The minimum absolute atomic E-state index is 0.0951. The number of carbonyl (C=O) groups excluding carboxylic acids is 2. The largest absolute Gasteiger partial charge is 0.331 e. The number of nitrogens with zero attached hydrogens (tertiary/aromatic N) is 2. The first-order valence-corrected chi connectivity index (χ1v) is 7.67. The van der Waals surface area contributed by atoms with Crippen molar-refractivity contribution in [3.05, 3.63) is 0 Å². The number of fused-ring (bicyclic) bond motifs is 1. The molecule has 0 bridgehead atoms. The molecular formula is C14H24N2O2S. The number of thiol groups is 1. The van der Waals surface area contributed by atoms with Gasteiger partial charge in [-0.25, -0.2) is 0 Å². The second-order valence-corrected chi connectivity index (χ2v) is 7.07. The van der Waals surface area contributed by atoms with E-state index in [2.05, 4.69) is 33.4 Å². The lowest BCUT2D eigenvalue weighted by Gasteiger charge is -2.40. The van der Waals surface area contributed by atoms with Crippen LogP contribution in [-0.4, -0.2) is 53.0 Å². The van der Waals surface area contributed by atoms with E-state index in [4.69, 9.17) is 0 Å². The van der Waals surface area contributed by atoms with Gasteiger partial charge in [0.1, 0.15) is 6.04 Å². The van der Waals surface area contributed by atoms with Crippen LogP contribution in [0.25, 0.3) is 0 Å². The average molecular weight is 284 g/mol. The Balaban J connectivity index is 2.08. The molecule has 0 aliphatic carbocycles. The predicted molar refractivity (Wildman–Crippen MR) is 78.1 cm³/mol. The summed E-state index contributed by atoms with van der Waals surface area (Å²) in [6.45, 7) is 8.11. The molecule has 2 amide bonds.